The molecule has 11 heteroatoms. The molecule has 2 N–H and O–H groups in total. The van der Waals surface area contributed by atoms with E-state index in [1.165, 1.54) is 20.8 Å². The second-order valence-electron chi connectivity index (χ2n) is 4.82. The highest BCUT2D eigenvalue weighted by Crippen LogP contribution is 2.28. The number of rotatable bonds is 5. The minimum absolute atomic E-state index is 0.103. The Morgan fingerprint density at radius 3 is 2.68 bits per heavy atom. The van der Waals surface area contributed by atoms with Crippen LogP contribution in [-0.4, -0.2) is 24.5 Å². The number of halogens is 1. The summed E-state index contributed by atoms with van der Waals surface area (Å²) in [5.74, 6) is -0.610. The first-order valence-electron chi connectivity index (χ1n) is 6.00. The van der Waals surface area contributed by atoms with Crippen molar-refractivity contribution in [2.45, 2.75) is 30.6 Å². The Labute approximate surface area is 129 Å². The number of carbonyl (C=O) groups is 1. The van der Waals surface area contributed by atoms with E-state index in [2.05, 4.69) is 20.2 Å². The van der Waals surface area contributed by atoms with Crippen LogP contribution >= 0.6 is 11.3 Å². The average Bonchev–Trinajstić information content (AvgIpc) is 2.96. The van der Waals surface area contributed by atoms with Gasteiger partial charge < -0.3 is 9.84 Å². The number of nitrogens with zero attached hydrogens (tertiary/aromatic N) is 2. The number of thiazole rings is 1. The normalized spacial score (nSPS) is 12.2. The molecule has 1 amide bonds. The minimum Gasteiger partial charge on any atom is -0.356 e. The zero-order valence-electron chi connectivity index (χ0n) is 11.9. The first-order chi connectivity index (χ1) is 10.1. The standard InChI is InChI=1S/C11H13FN4O4S2/c1-6(17)14-10-13-5-9(21-10)22(18,19)16-8-4-7(20-15-8)11(2,3)12/h4-5H,1-3H3,(H,15,16)(H,13,14,17). The van der Waals surface area contributed by atoms with Gasteiger partial charge in [0.05, 0.1) is 6.20 Å². The second kappa shape index (κ2) is 5.65. The van der Waals surface area contributed by atoms with Gasteiger partial charge in [-0.25, -0.2) is 17.8 Å². The maximum atomic E-state index is 13.7. The number of alkyl halides is 1. The Balaban J connectivity index is 2.19. The molecular weight excluding hydrogens is 335 g/mol. The molecule has 2 aromatic rings. The third kappa shape index (κ3) is 3.80. The monoisotopic (exact) mass is 348 g/mol. The van der Waals surface area contributed by atoms with Crippen molar-refractivity contribution in [3.63, 3.8) is 0 Å². The largest absolute Gasteiger partial charge is 0.356 e. The summed E-state index contributed by atoms with van der Waals surface area (Å²) in [4.78, 5) is 14.7. The summed E-state index contributed by atoms with van der Waals surface area (Å²) in [5, 5.41) is 5.99. The lowest BCUT2D eigenvalue weighted by Crippen LogP contribution is -2.12. The number of aromatic nitrogens is 2. The van der Waals surface area contributed by atoms with Crippen LogP contribution < -0.4 is 10.0 Å². The summed E-state index contributed by atoms with van der Waals surface area (Å²) in [6.07, 6.45) is 1.10. The molecule has 0 bridgehead atoms. The molecule has 8 nitrogen and oxygen atoms in total. The fraction of sp³-hybridized carbons (Fsp3) is 0.364. The van der Waals surface area contributed by atoms with Crippen LogP contribution in [0.5, 0.6) is 0 Å². The van der Waals surface area contributed by atoms with E-state index in [0.717, 1.165) is 23.6 Å². The molecule has 2 aromatic heterocycles. The van der Waals surface area contributed by atoms with E-state index in [1.54, 1.807) is 0 Å². The highest BCUT2D eigenvalue weighted by Gasteiger charge is 2.26. The molecule has 0 aliphatic rings. The number of hydrogen-bond donors (Lipinski definition) is 2. The fourth-order valence-corrected chi connectivity index (χ4v) is 3.44. The average molecular weight is 348 g/mol. The number of anilines is 2. The van der Waals surface area contributed by atoms with Gasteiger partial charge in [0, 0.05) is 13.0 Å². The van der Waals surface area contributed by atoms with Crippen molar-refractivity contribution in [2.24, 2.45) is 0 Å². The van der Waals surface area contributed by atoms with Gasteiger partial charge in [0.15, 0.2) is 26.6 Å². The Morgan fingerprint density at radius 1 is 1.45 bits per heavy atom. The molecule has 0 atom stereocenters. The number of amides is 1. The summed E-state index contributed by atoms with van der Waals surface area (Å²) >= 11 is 0.774. The predicted molar refractivity (Wildman–Crippen MR) is 77.9 cm³/mol. The van der Waals surface area contributed by atoms with Crippen LogP contribution in [0.4, 0.5) is 15.3 Å². The zero-order valence-corrected chi connectivity index (χ0v) is 13.5. The third-order valence-corrected chi connectivity index (χ3v) is 5.10. The number of nitrogens with one attached hydrogen (secondary N) is 2. The van der Waals surface area contributed by atoms with Gasteiger partial charge in [-0.15, -0.1) is 0 Å². The van der Waals surface area contributed by atoms with Crippen LogP contribution in [0.15, 0.2) is 21.0 Å². The van der Waals surface area contributed by atoms with Crippen molar-refractivity contribution in [2.75, 3.05) is 10.0 Å². The summed E-state index contributed by atoms with van der Waals surface area (Å²) in [7, 11) is -3.95. The van der Waals surface area contributed by atoms with Crippen LogP contribution in [0.2, 0.25) is 0 Å². The third-order valence-electron chi connectivity index (χ3n) is 2.37. The van der Waals surface area contributed by atoms with E-state index in [0.29, 0.717) is 0 Å². The van der Waals surface area contributed by atoms with Gasteiger partial charge in [0.25, 0.3) is 10.0 Å². The van der Waals surface area contributed by atoms with Gasteiger partial charge in [-0.1, -0.05) is 16.5 Å². The lowest BCUT2D eigenvalue weighted by atomic mass is 10.1. The van der Waals surface area contributed by atoms with Gasteiger partial charge in [-0.2, -0.15) is 0 Å². The lowest BCUT2D eigenvalue weighted by Gasteiger charge is -2.07. The number of sulfonamides is 1. The zero-order chi connectivity index (χ0) is 16.5. The molecule has 0 saturated carbocycles. The maximum absolute atomic E-state index is 13.7. The predicted octanol–water partition coefficient (Wildman–Crippen LogP) is 2.09. The van der Waals surface area contributed by atoms with Crippen LogP contribution in [-0.2, 0) is 20.5 Å². The Morgan fingerprint density at radius 2 is 2.14 bits per heavy atom. The van der Waals surface area contributed by atoms with Gasteiger partial charge >= 0.3 is 0 Å². The molecule has 0 radical (unpaired) electrons. The van der Waals surface area contributed by atoms with Crippen LogP contribution in [0.25, 0.3) is 0 Å². The first kappa shape index (κ1) is 16.4. The summed E-state index contributed by atoms with van der Waals surface area (Å²) < 4.78 is 44.7. The molecule has 120 valence electrons. The molecule has 0 aliphatic carbocycles. The second-order valence-corrected chi connectivity index (χ2v) is 7.76. The topological polar surface area (TPSA) is 114 Å². The number of hydrogen-bond acceptors (Lipinski definition) is 7. The Kier molecular flexibility index (Phi) is 4.20. The Hall–Kier alpha value is -2.01. The van der Waals surface area contributed by atoms with Crippen molar-refractivity contribution in [1.82, 2.24) is 10.1 Å². The molecule has 2 heterocycles. The van der Waals surface area contributed by atoms with Crippen molar-refractivity contribution < 1.29 is 22.1 Å². The molecule has 0 aromatic carbocycles. The van der Waals surface area contributed by atoms with Gasteiger partial charge in [-0.05, 0) is 13.8 Å². The van der Waals surface area contributed by atoms with E-state index in [9.17, 15) is 17.6 Å². The molecular formula is C11H13FN4O4S2. The van der Waals surface area contributed by atoms with E-state index in [1.807, 2.05) is 0 Å². The van der Waals surface area contributed by atoms with E-state index in [4.69, 9.17) is 4.52 Å². The summed E-state index contributed by atoms with van der Waals surface area (Å²) in [6.45, 7) is 3.80. The molecule has 0 aliphatic heterocycles. The van der Waals surface area contributed by atoms with Crippen LogP contribution in [0.1, 0.15) is 26.5 Å². The summed E-state index contributed by atoms with van der Waals surface area (Å²) in [5.41, 5.74) is -1.78. The van der Waals surface area contributed by atoms with Crippen LogP contribution in [0.3, 0.4) is 0 Å². The van der Waals surface area contributed by atoms with Gasteiger partial charge in [-0.3, -0.25) is 9.52 Å². The van der Waals surface area contributed by atoms with Gasteiger partial charge in [0.1, 0.15) is 0 Å². The molecule has 0 unspecified atom stereocenters. The fourth-order valence-electron chi connectivity index (χ4n) is 1.38. The highest BCUT2D eigenvalue weighted by atomic mass is 32.2. The highest BCUT2D eigenvalue weighted by molar-refractivity contribution is 7.94. The maximum Gasteiger partial charge on any atom is 0.274 e. The van der Waals surface area contributed by atoms with E-state index in [-0.39, 0.29) is 26.8 Å². The molecule has 0 fully saturated rings. The van der Waals surface area contributed by atoms with Crippen molar-refractivity contribution in [1.29, 1.82) is 0 Å². The van der Waals surface area contributed by atoms with E-state index >= 15 is 0 Å². The van der Waals surface area contributed by atoms with E-state index < -0.39 is 15.7 Å². The first-order valence-corrected chi connectivity index (χ1v) is 8.30. The van der Waals surface area contributed by atoms with Crippen molar-refractivity contribution >= 4 is 38.2 Å². The quantitative estimate of drug-likeness (QED) is 0.855. The SMILES string of the molecule is CC(=O)Nc1ncc(S(=O)(=O)Nc2cc(C(C)(C)F)on2)s1. The molecule has 0 spiro atoms. The molecule has 0 saturated heterocycles. The van der Waals surface area contributed by atoms with Crippen molar-refractivity contribution in [3.8, 4) is 0 Å². The molecule has 2 rings (SSSR count). The Bertz CT molecular complexity index is 791. The number of carbonyl (C=O) groups excluding carboxylic acids is 1. The van der Waals surface area contributed by atoms with Crippen LogP contribution in [0, 0.1) is 0 Å². The smallest absolute Gasteiger partial charge is 0.274 e. The molecule has 22 heavy (non-hydrogen) atoms. The lowest BCUT2D eigenvalue weighted by molar-refractivity contribution is -0.114. The summed E-state index contributed by atoms with van der Waals surface area (Å²) in [6, 6.07) is 1.16. The van der Waals surface area contributed by atoms with Gasteiger partial charge in [0.2, 0.25) is 5.91 Å². The minimum atomic E-state index is -3.95. The van der Waals surface area contributed by atoms with Crippen molar-refractivity contribution in [3.05, 3.63) is 18.0 Å².